The van der Waals surface area contributed by atoms with Crippen LogP contribution in [0.2, 0.25) is 0 Å². The summed E-state index contributed by atoms with van der Waals surface area (Å²) in [6.45, 7) is 4.29. The van der Waals surface area contributed by atoms with E-state index in [1.54, 1.807) is 4.90 Å². The Morgan fingerprint density at radius 3 is 2.81 bits per heavy atom. The number of fused-ring (bicyclic) bond motifs is 1. The van der Waals surface area contributed by atoms with Crippen molar-refractivity contribution in [3.63, 3.8) is 0 Å². The molecule has 1 unspecified atom stereocenters. The first-order chi connectivity index (χ1) is 13.0. The van der Waals surface area contributed by atoms with Gasteiger partial charge in [0.1, 0.15) is 11.4 Å². The van der Waals surface area contributed by atoms with Crippen molar-refractivity contribution >= 4 is 22.7 Å². The zero-order valence-corrected chi connectivity index (χ0v) is 15.3. The molecule has 27 heavy (non-hydrogen) atoms. The maximum atomic E-state index is 13.8. The van der Waals surface area contributed by atoms with Gasteiger partial charge >= 0.3 is 0 Å². The number of benzene rings is 1. The van der Waals surface area contributed by atoms with Crippen LogP contribution in [-0.4, -0.2) is 52.8 Å². The van der Waals surface area contributed by atoms with Crippen LogP contribution >= 0.6 is 0 Å². The van der Waals surface area contributed by atoms with E-state index in [-0.39, 0.29) is 22.4 Å². The van der Waals surface area contributed by atoms with Gasteiger partial charge in [-0.05, 0) is 31.4 Å². The maximum Gasteiger partial charge on any atom is 0.259 e. The summed E-state index contributed by atoms with van der Waals surface area (Å²) >= 11 is 0. The van der Waals surface area contributed by atoms with Crippen LogP contribution in [-0.2, 0) is 4.79 Å². The van der Waals surface area contributed by atoms with Crippen LogP contribution in [0.15, 0.2) is 29.2 Å². The number of amides is 2. The fourth-order valence-electron chi connectivity index (χ4n) is 4.34. The summed E-state index contributed by atoms with van der Waals surface area (Å²) in [6, 6.07) is 4.21. The van der Waals surface area contributed by atoms with E-state index in [4.69, 9.17) is 0 Å². The van der Waals surface area contributed by atoms with E-state index < -0.39 is 22.6 Å². The molecular weight excluding hydrogens is 349 g/mol. The average molecular weight is 371 g/mol. The minimum Gasteiger partial charge on any atom is -0.358 e. The van der Waals surface area contributed by atoms with E-state index in [0.29, 0.717) is 19.5 Å². The van der Waals surface area contributed by atoms with Crippen molar-refractivity contribution < 1.29 is 14.0 Å². The van der Waals surface area contributed by atoms with E-state index in [9.17, 15) is 18.8 Å². The standard InChI is InChI=1S/C20H22FN3O3/c1-2-8-23-9-6-20(19(23)27)7-10-24(12-20)18(26)14-11-22-16-13(17(14)25)4-3-5-15(16)21/h3-5,11H,2,6-10,12H2,1H3,(H,22,25). The summed E-state index contributed by atoms with van der Waals surface area (Å²) in [5.74, 6) is -0.813. The summed E-state index contributed by atoms with van der Waals surface area (Å²) in [4.78, 5) is 44.6. The zero-order valence-electron chi connectivity index (χ0n) is 15.3. The normalized spacial score (nSPS) is 22.4. The molecule has 142 valence electrons. The number of nitrogens with one attached hydrogen (secondary N) is 1. The van der Waals surface area contributed by atoms with Gasteiger partial charge in [0.25, 0.3) is 5.91 Å². The van der Waals surface area contributed by atoms with Crippen molar-refractivity contribution in [2.75, 3.05) is 26.2 Å². The summed E-state index contributed by atoms with van der Waals surface area (Å²) in [6.07, 6.45) is 3.56. The summed E-state index contributed by atoms with van der Waals surface area (Å²) in [7, 11) is 0. The van der Waals surface area contributed by atoms with Gasteiger partial charge in [-0.3, -0.25) is 14.4 Å². The number of aromatic nitrogens is 1. The molecule has 2 amide bonds. The van der Waals surface area contributed by atoms with Crippen molar-refractivity contribution in [3.8, 4) is 0 Å². The topological polar surface area (TPSA) is 73.5 Å². The van der Waals surface area contributed by atoms with Gasteiger partial charge in [-0.1, -0.05) is 13.0 Å². The number of likely N-dealkylation sites (tertiary alicyclic amines) is 2. The lowest BCUT2D eigenvalue weighted by atomic mass is 9.85. The van der Waals surface area contributed by atoms with Gasteiger partial charge in [-0.25, -0.2) is 4.39 Å². The minimum absolute atomic E-state index is 0.0130. The van der Waals surface area contributed by atoms with Gasteiger partial charge < -0.3 is 14.8 Å². The third kappa shape index (κ3) is 2.72. The highest BCUT2D eigenvalue weighted by Gasteiger charge is 2.51. The Kier molecular flexibility index (Phi) is 4.25. The first kappa shape index (κ1) is 17.7. The van der Waals surface area contributed by atoms with Crippen molar-refractivity contribution in [1.29, 1.82) is 0 Å². The molecule has 4 rings (SSSR count). The molecule has 0 bridgehead atoms. The van der Waals surface area contributed by atoms with Crippen LogP contribution in [0, 0.1) is 11.2 Å². The zero-order chi connectivity index (χ0) is 19.2. The minimum atomic E-state index is -0.531. The molecule has 0 aliphatic carbocycles. The van der Waals surface area contributed by atoms with Crippen molar-refractivity contribution in [3.05, 3.63) is 46.0 Å². The molecule has 1 N–H and O–H groups in total. The number of pyridine rings is 1. The molecule has 2 saturated heterocycles. The number of carbonyl (C=O) groups excluding carboxylic acids is 2. The molecule has 1 atom stereocenters. The first-order valence-electron chi connectivity index (χ1n) is 9.35. The average Bonchev–Trinajstić information content (AvgIpc) is 3.22. The summed E-state index contributed by atoms with van der Waals surface area (Å²) in [5, 5.41) is 0.154. The quantitative estimate of drug-likeness (QED) is 0.898. The SMILES string of the molecule is CCCN1CCC2(CCN(C(=O)c3c[nH]c4c(F)cccc4c3=O)C2)C1=O. The molecule has 1 aromatic heterocycles. The lowest BCUT2D eigenvalue weighted by molar-refractivity contribution is -0.135. The monoisotopic (exact) mass is 371 g/mol. The number of H-pyrrole nitrogens is 1. The molecule has 2 aliphatic rings. The summed E-state index contributed by atoms with van der Waals surface area (Å²) < 4.78 is 13.8. The fourth-order valence-corrected chi connectivity index (χ4v) is 4.34. The van der Waals surface area contributed by atoms with Crippen LogP contribution < -0.4 is 5.43 Å². The molecule has 2 fully saturated rings. The number of nitrogens with zero attached hydrogens (tertiary/aromatic N) is 2. The Morgan fingerprint density at radius 2 is 2.04 bits per heavy atom. The molecule has 6 nitrogen and oxygen atoms in total. The van der Waals surface area contributed by atoms with Crippen LogP contribution in [0.4, 0.5) is 4.39 Å². The Balaban J connectivity index is 1.60. The van der Waals surface area contributed by atoms with E-state index in [1.807, 2.05) is 11.8 Å². The molecular formula is C20H22FN3O3. The number of hydrogen-bond donors (Lipinski definition) is 1. The van der Waals surface area contributed by atoms with Crippen molar-refractivity contribution in [2.24, 2.45) is 5.41 Å². The molecule has 2 aromatic rings. The van der Waals surface area contributed by atoms with Crippen LogP contribution in [0.25, 0.3) is 10.9 Å². The predicted octanol–water partition coefficient (Wildman–Crippen LogP) is 2.14. The van der Waals surface area contributed by atoms with Crippen LogP contribution in [0.5, 0.6) is 0 Å². The van der Waals surface area contributed by atoms with Gasteiger partial charge in [-0.2, -0.15) is 0 Å². The third-order valence-electron chi connectivity index (χ3n) is 5.83. The smallest absolute Gasteiger partial charge is 0.259 e. The number of halogens is 1. The Hall–Kier alpha value is -2.70. The fraction of sp³-hybridized carbons (Fsp3) is 0.450. The Morgan fingerprint density at radius 1 is 1.26 bits per heavy atom. The molecule has 1 spiro atoms. The van der Waals surface area contributed by atoms with Gasteiger partial charge in [0.2, 0.25) is 11.3 Å². The highest BCUT2D eigenvalue weighted by Crippen LogP contribution is 2.41. The highest BCUT2D eigenvalue weighted by atomic mass is 19.1. The first-order valence-corrected chi connectivity index (χ1v) is 9.35. The number of aromatic amines is 1. The van der Waals surface area contributed by atoms with Gasteiger partial charge in [-0.15, -0.1) is 0 Å². The molecule has 7 heteroatoms. The molecule has 3 heterocycles. The van der Waals surface area contributed by atoms with Crippen molar-refractivity contribution in [1.82, 2.24) is 14.8 Å². The Labute approximate surface area is 156 Å². The number of rotatable bonds is 3. The van der Waals surface area contributed by atoms with E-state index in [0.717, 1.165) is 25.9 Å². The number of hydrogen-bond acceptors (Lipinski definition) is 3. The summed E-state index contributed by atoms with van der Waals surface area (Å²) in [5.41, 5.74) is -0.917. The molecule has 0 radical (unpaired) electrons. The Bertz CT molecular complexity index is 986. The maximum absolute atomic E-state index is 13.8. The van der Waals surface area contributed by atoms with E-state index >= 15 is 0 Å². The molecule has 1 aromatic carbocycles. The lowest BCUT2D eigenvalue weighted by Gasteiger charge is -2.23. The molecule has 2 aliphatic heterocycles. The second-order valence-electron chi connectivity index (χ2n) is 7.49. The van der Waals surface area contributed by atoms with Crippen LogP contribution in [0.3, 0.4) is 0 Å². The largest absolute Gasteiger partial charge is 0.358 e. The van der Waals surface area contributed by atoms with E-state index in [2.05, 4.69) is 4.98 Å². The van der Waals surface area contributed by atoms with Crippen molar-refractivity contribution in [2.45, 2.75) is 26.2 Å². The lowest BCUT2D eigenvalue weighted by Crippen LogP contribution is -2.39. The predicted molar refractivity (Wildman–Crippen MR) is 99.0 cm³/mol. The van der Waals surface area contributed by atoms with Gasteiger partial charge in [0.05, 0.1) is 10.9 Å². The van der Waals surface area contributed by atoms with Gasteiger partial charge in [0.15, 0.2) is 0 Å². The second kappa shape index (κ2) is 6.48. The number of carbonyl (C=O) groups is 2. The number of para-hydroxylation sites is 1. The van der Waals surface area contributed by atoms with Gasteiger partial charge in [0, 0.05) is 37.8 Å². The van der Waals surface area contributed by atoms with E-state index in [1.165, 1.54) is 24.4 Å². The second-order valence-corrected chi connectivity index (χ2v) is 7.49. The van der Waals surface area contributed by atoms with Crippen LogP contribution in [0.1, 0.15) is 36.5 Å². The third-order valence-corrected chi connectivity index (χ3v) is 5.83. The molecule has 0 saturated carbocycles. The highest BCUT2D eigenvalue weighted by molar-refractivity contribution is 5.98.